The molecule has 3 heteroatoms. The lowest BCUT2D eigenvalue weighted by molar-refractivity contribution is 0.104. The normalized spacial score (nSPS) is 10.8. The van der Waals surface area contributed by atoms with E-state index in [0.29, 0.717) is 10.6 Å². The molecular formula is C22H17ClO2. The Morgan fingerprint density at radius 2 is 1.68 bits per heavy atom. The van der Waals surface area contributed by atoms with Crippen molar-refractivity contribution in [1.29, 1.82) is 0 Å². The molecule has 0 radical (unpaired) electrons. The van der Waals surface area contributed by atoms with E-state index in [9.17, 15) is 4.79 Å². The highest BCUT2D eigenvalue weighted by atomic mass is 35.5. The maximum atomic E-state index is 12.7. The smallest absolute Gasteiger partial charge is 0.186 e. The molecule has 3 rings (SSSR count). The summed E-state index contributed by atoms with van der Waals surface area (Å²) in [7, 11) is 1.62. The number of methoxy groups -OCH3 is 1. The molecule has 3 aromatic carbocycles. The molecule has 25 heavy (non-hydrogen) atoms. The lowest BCUT2D eigenvalue weighted by atomic mass is 9.96. The summed E-state index contributed by atoms with van der Waals surface area (Å²) < 4.78 is 5.31. The number of carbonyl (C=O) groups is 1. The summed E-state index contributed by atoms with van der Waals surface area (Å²) >= 11 is 5.88. The first-order valence-electron chi connectivity index (χ1n) is 7.89. The van der Waals surface area contributed by atoms with E-state index in [0.717, 1.165) is 22.4 Å². The second-order valence-electron chi connectivity index (χ2n) is 5.53. The molecule has 0 saturated heterocycles. The summed E-state index contributed by atoms with van der Waals surface area (Å²) in [5.41, 5.74) is 3.39. The number of ether oxygens (including phenoxy) is 1. The fourth-order valence-electron chi connectivity index (χ4n) is 2.56. The van der Waals surface area contributed by atoms with Gasteiger partial charge in [-0.15, -0.1) is 0 Å². The molecule has 0 aliphatic heterocycles. The van der Waals surface area contributed by atoms with E-state index in [1.165, 1.54) is 0 Å². The molecule has 0 bridgehead atoms. The van der Waals surface area contributed by atoms with E-state index in [1.807, 2.05) is 48.5 Å². The molecule has 0 N–H and O–H groups in total. The van der Waals surface area contributed by atoms with Crippen LogP contribution in [-0.4, -0.2) is 12.9 Å². The van der Waals surface area contributed by atoms with Gasteiger partial charge in [-0.25, -0.2) is 0 Å². The molecule has 0 heterocycles. The van der Waals surface area contributed by atoms with Crippen LogP contribution >= 0.6 is 11.6 Å². The zero-order chi connectivity index (χ0) is 17.6. The highest BCUT2D eigenvalue weighted by Gasteiger charge is 2.12. The zero-order valence-corrected chi connectivity index (χ0v) is 14.5. The first-order chi connectivity index (χ1) is 12.2. The Balaban J connectivity index is 1.95. The standard InChI is InChI=1S/C22H17ClO2/c1-25-19-12-13-20(21(15-19)17-5-3-2-4-6-17)22(24)14-9-16-7-10-18(23)11-8-16/h2-15H,1H3/b14-9+. The number of halogens is 1. The van der Waals surface area contributed by atoms with Crippen LogP contribution in [0.2, 0.25) is 5.02 Å². The van der Waals surface area contributed by atoms with Crippen molar-refractivity contribution < 1.29 is 9.53 Å². The summed E-state index contributed by atoms with van der Waals surface area (Å²) in [6.45, 7) is 0. The molecule has 0 fully saturated rings. The van der Waals surface area contributed by atoms with Gasteiger partial charge in [-0.3, -0.25) is 4.79 Å². The number of allylic oxidation sites excluding steroid dienone is 1. The SMILES string of the molecule is COc1ccc(C(=O)/C=C/c2ccc(Cl)cc2)c(-c2ccccc2)c1. The van der Waals surface area contributed by atoms with Crippen LogP contribution in [0.3, 0.4) is 0 Å². The number of benzene rings is 3. The largest absolute Gasteiger partial charge is 0.497 e. The predicted octanol–water partition coefficient (Wildman–Crippen LogP) is 5.91. The van der Waals surface area contributed by atoms with Crippen LogP contribution in [0.1, 0.15) is 15.9 Å². The molecule has 0 amide bonds. The summed E-state index contributed by atoms with van der Waals surface area (Å²) in [5.74, 6) is 0.661. The van der Waals surface area contributed by atoms with Crippen molar-refractivity contribution in [3.63, 3.8) is 0 Å². The molecule has 0 aromatic heterocycles. The van der Waals surface area contributed by atoms with Gasteiger partial charge in [-0.2, -0.15) is 0 Å². The van der Waals surface area contributed by atoms with E-state index in [1.54, 1.807) is 43.5 Å². The summed E-state index contributed by atoms with van der Waals surface area (Å²) in [5, 5.41) is 0.671. The van der Waals surface area contributed by atoms with Gasteiger partial charge in [0.15, 0.2) is 5.78 Å². The fraction of sp³-hybridized carbons (Fsp3) is 0.0455. The van der Waals surface area contributed by atoms with Crippen LogP contribution < -0.4 is 4.74 Å². The highest BCUT2D eigenvalue weighted by Crippen LogP contribution is 2.28. The number of ketones is 1. The lowest BCUT2D eigenvalue weighted by Gasteiger charge is -2.10. The average Bonchev–Trinajstić information content (AvgIpc) is 2.67. The second-order valence-corrected chi connectivity index (χ2v) is 5.96. The summed E-state index contributed by atoms with van der Waals surface area (Å²) in [4.78, 5) is 12.7. The second kappa shape index (κ2) is 7.82. The van der Waals surface area contributed by atoms with E-state index in [4.69, 9.17) is 16.3 Å². The Morgan fingerprint density at radius 3 is 2.36 bits per heavy atom. The van der Waals surface area contributed by atoms with Crippen molar-refractivity contribution in [2.75, 3.05) is 7.11 Å². The topological polar surface area (TPSA) is 26.3 Å². The van der Waals surface area contributed by atoms with Crippen LogP contribution in [0, 0.1) is 0 Å². The third-order valence-electron chi connectivity index (χ3n) is 3.87. The first-order valence-corrected chi connectivity index (χ1v) is 8.26. The Morgan fingerprint density at radius 1 is 0.960 bits per heavy atom. The van der Waals surface area contributed by atoms with Crippen molar-refractivity contribution >= 4 is 23.5 Å². The maximum Gasteiger partial charge on any atom is 0.186 e. The fourth-order valence-corrected chi connectivity index (χ4v) is 2.68. The summed E-state index contributed by atoms with van der Waals surface area (Å²) in [6.07, 6.45) is 3.37. The zero-order valence-electron chi connectivity index (χ0n) is 13.8. The quantitative estimate of drug-likeness (QED) is 0.423. The highest BCUT2D eigenvalue weighted by molar-refractivity contribution is 6.30. The monoisotopic (exact) mass is 348 g/mol. The van der Waals surface area contributed by atoms with Crippen LogP contribution in [0.25, 0.3) is 17.2 Å². The van der Waals surface area contributed by atoms with Gasteiger partial charge in [0.2, 0.25) is 0 Å². The predicted molar refractivity (Wildman–Crippen MR) is 103 cm³/mol. The van der Waals surface area contributed by atoms with E-state index < -0.39 is 0 Å². The Bertz CT molecular complexity index is 897. The minimum absolute atomic E-state index is 0.0588. The Labute approximate surface area is 152 Å². The third kappa shape index (κ3) is 4.17. The van der Waals surface area contributed by atoms with Crippen LogP contribution in [-0.2, 0) is 0 Å². The Kier molecular flexibility index (Phi) is 5.32. The van der Waals surface area contributed by atoms with Gasteiger partial charge in [-0.1, -0.05) is 60.1 Å². The molecule has 0 aliphatic rings. The molecular weight excluding hydrogens is 332 g/mol. The molecule has 0 unspecified atom stereocenters. The molecule has 0 saturated carbocycles. The minimum atomic E-state index is -0.0588. The average molecular weight is 349 g/mol. The van der Waals surface area contributed by atoms with Crippen molar-refractivity contribution in [1.82, 2.24) is 0 Å². The van der Waals surface area contributed by atoms with E-state index in [2.05, 4.69) is 0 Å². The molecule has 0 aliphatic carbocycles. The molecule has 124 valence electrons. The van der Waals surface area contributed by atoms with Crippen LogP contribution in [0.5, 0.6) is 5.75 Å². The van der Waals surface area contributed by atoms with Crippen LogP contribution in [0.15, 0.2) is 78.9 Å². The lowest BCUT2D eigenvalue weighted by Crippen LogP contribution is -1.99. The Hall–Kier alpha value is -2.84. The molecule has 0 spiro atoms. The van der Waals surface area contributed by atoms with Crippen LogP contribution in [0.4, 0.5) is 0 Å². The molecule has 2 nitrogen and oxygen atoms in total. The number of carbonyl (C=O) groups excluding carboxylic acids is 1. The van der Waals surface area contributed by atoms with Crippen molar-refractivity contribution in [3.05, 3.63) is 95.0 Å². The van der Waals surface area contributed by atoms with E-state index in [-0.39, 0.29) is 5.78 Å². The van der Waals surface area contributed by atoms with Gasteiger partial charge in [-0.05, 0) is 53.1 Å². The van der Waals surface area contributed by atoms with Gasteiger partial charge >= 0.3 is 0 Å². The van der Waals surface area contributed by atoms with Gasteiger partial charge in [0, 0.05) is 10.6 Å². The van der Waals surface area contributed by atoms with Gasteiger partial charge in [0.05, 0.1) is 7.11 Å². The van der Waals surface area contributed by atoms with E-state index >= 15 is 0 Å². The minimum Gasteiger partial charge on any atom is -0.497 e. The molecule has 0 atom stereocenters. The molecule has 3 aromatic rings. The van der Waals surface area contributed by atoms with Crippen molar-refractivity contribution in [2.24, 2.45) is 0 Å². The number of rotatable bonds is 5. The number of hydrogen-bond donors (Lipinski definition) is 0. The summed E-state index contributed by atoms with van der Waals surface area (Å²) in [6, 6.07) is 22.7. The number of hydrogen-bond acceptors (Lipinski definition) is 2. The maximum absolute atomic E-state index is 12.7. The first kappa shape index (κ1) is 17.0. The third-order valence-corrected chi connectivity index (χ3v) is 4.13. The van der Waals surface area contributed by atoms with Gasteiger partial charge in [0.25, 0.3) is 0 Å². The van der Waals surface area contributed by atoms with Gasteiger partial charge < -0.3 is 4.74 Å². The van der Waals surface area contributed by atoms with Gasteiger partial charge in [0.1, 0.15) is 5.75 Å². The van der Waals surface area contributed by atoms with Crippen molar-refractivity contribution in [2.45, 2.75) is 0 Å². The van der Waals surface area contributed by atoms with Crippen molar-refractivity contribution in [3.8, 4) is 16.9 Å².